The van der Waals surface area contributed by atoms with E-state index < -0.39 is 0 Å². The number of nitrogens with two attached hydrogens (primary N) is 1. The molecule has 19 heavy (non-hydrogen) atoms. The molecule has 0 radical (unpaired) electrons. The van der Waals surface area contributed by atoms with Crippen molar-refractivity contribution in [2.24, 2.45) is 5.73 Å². The van der Waals surface area contributed by atoms with E-state index in [-0.39, 0.29) is 18.0 Å². The van der Waals surface area contributed by atoms with Crippen LogP contribution in [0.1, 0.15) is 33.6 Å². The van der Waals surface area contributed by atoms with Crippen molar-refractivity contribution < 1.29 is 4.79 Å². The van der Waals surface area contributed by atoms with Crippen LogP contribution in [0.25, 0.3) is 0 Å². The van der Waals surface area contributed by atoms with Crippen molar-refractivity contribution in [1.29, 1.82) is 0 Å². The van der Waals surface area contributed by atoms with E-state index in [2.05, 4.69) is 22.0 Å². The lowest BCUT2D eigenvalue weighted by molar-refractivity contribution is -0.121. The summed E-state index contributed by atoms with van der Waals surface area (Å²) >= 11 is 0. The molecule has 2 aliphatic heterocycles. The second-order valence-corrected chi connectivity index (χ2v) is 6.37. The van der Waals surface area contributed by atoms with Crippen molar-refractivity contribution in [2.75, 3.05) is 26.2 Å². The zero-order valence-electron chi connectivity index (χ0n) is 12.4. The van der Waals surface area contributed by atoms with Crippen LogP contribution in [0.15, 0.2) is 0 Å². The first-order chi connectivity index (χ1) is 8.97. The van der Waals surface area contributed by atoms with Crippen LogP contribution in [0.2, 0.25) is 0 Å². The van der Waals surface area contributed by atoms with Gasteiger partial charge in [0.25, 0.3) is 0 Å². The Morgan fingerprint density at radius 2 is 2.16 bits per heavy atom. The van der Waals surface area contributed by atoms with E-state index in [0.717, 1.165) is 19.6 Å². The van der Waals surface area contributed by atoms with E-state index in [0.29, 0.717) is 12.1 Å². The van der Waals surface area contributed by atoms with E-state index >= 15 is 0 Å². The van der Waals surface area contributed by atoms with Gasteiger partial charge in [-0.1, -0.05) is 13.8 Å². The molecule has 0 saturated carbocycles. The van der Waals surface area contributed by atoms with Gasteiger partial charge >= 0.3 is 0 Å². The van der Waals surface area contributed by atoms with Gasteiger partial charge in [0.15, 0.2) is 0 Å². The summed E-state index contributed by atoms with van der Waals surface area (Å²) in [6.45, 7) is 10.5. The van der Waals surface area contributed by atoms with Crippen LogP contribution < -0.4 is 11.1 Å². The number of carbonyl (C=O) groups excluding carboxylic acids is 1. The molecule has 3 unspecified atom stereocenters. The first-order valence-corrected chi connectivity index (χ1v) is 7.51. The molecule has 3 atom stereocenters. The Kier molecular flexibility index (Phi) is 4.81. The van der Waals surface area contributed by atoms with Crippen LogP contribution in [0.4, 0.5) is 0 Å². The van der Waals surface area contributed by atoms with Crippen LogP contribution in [-0.2, 0) is 4.79 Å². The molecule has 2 aliphatic rings. The Morgan fingerprint density at radius 3 is 2.79 bits per heavy atom. The molecule has 0 aromatic carbocycles. The van der Waals surface area contributed by atoms with Crippen molar-refractivity contribution in [1.82, 2.24) is 15.1 Å². The summed E-state index contributed by atoms with van der Waals surface area (Å²) in [6, 6.07) is 1.23. The number of carbonyl (C=O) groups is 1. The van der Waals surface area contributed by atoms with Gasteiger partial charge in [-0.05, 0) is 26.3 Å². The molecular formula is C14H28N4O. The summed E-state index contributed by atoms with van der Waals surface area (Å²) in [4.78, 5) is 16.6. The highest BCUT2D eigenvalue weighted by Crippen LogP contribution is 2.24. The third-order valence-electron chi connectivity index (χ3n) is 4.36. The molecular weight excluding hydrogens is 240 g/mol. The van der Waals surface area contributed by atoms with Crippen LogP contribution >= 0.6 is 0 Å². The van der Waals surface area contributed by atoms with Crippen molar-refractivity contribution in [3.05, 3.63) is 0 Å². The third kappa shape index (κ3) is 3.68. The fourth-order valence-electron chi connectivity index (χ4n) is 3.36. The highest BCUT2D eigenvalue weighted by molar-refractivity contribution is 5.80. The van der Waals surface area contributed by atoms with E-state index in [4.69, 9.17) is 5.73 Å². The SMILES string of the molecule is CC(C)NC(CN1CC2CCCN2CC1C)C(N)=O. The second kappa shape index (κ2) is 6.20. The van der Waals surface area contributed by atoms with Gasteiger partial charge in [0.2, 0.25) is 5.91 Å². The Balaban J connectivity index is 1.94. The molecule has 0 spiro atoms. The predicted octanol–water partition coefficient (Wildman–Crippen LogP) is 0.00680. The number of nitrogens with one attached hydrogen (secondary N) is 1. The summed E-state index contributed by atoms with van der Waals surface area (Å²) < 4.78 is 0. The molecule has 2 fully saturated rings. The van der Waals surface area contributed by atoms with E-state index in [1.165, 1.54) is 19.4 Å². The van der Waals surface area contributed by atoms with E-state index in [1.54, 1.807) is 0 Å². The molecule has 1 amide bonds. The topological polar surface area (TPSA) is 61.6 Å². The van der Waals surface area contributed by atoms with Crippen molar-refractivity contribution in [3.63, 3.8) is 0 Å². The smallest absolute Gasteiger partial charge is 0.235 e. The number of fused-ring (bicyclic) bond motifs is 1. The van der Waals surface area contributed by atoms with Gasteiger partial charge in [-0.2, -0.15) is 0 Å². The third-order valence-corrected chi connectivity index (χ3v) is 4.36. The zero-order chi connectivity index (χ0) is 14.0. The molecule has 2 heterocycles. The van der Waals surface area contributed by atoms with Gasteiger partial charge in [0.1, 0.15) is 0 Å². The van der Waals surface area contributed by atoms with Gasteiger partial charge in [-0.25, -0.2) is 0 Å². The first-order valence-electron chi connectivity index (χ1n) is 7.51. The fourth-order valence-corrected chi connectivity index (χ4v) is 3.36. The van der Waals surface area contributed by atoms with Gasteiger partial charge in [-0.15, -0.1) is 0 Å². The molecule has 2 rings (SSSR count). The molecule has 110 valence electrons. The number of hydrogen-bond acceptors (Lipinski definition) is 4. The molecule has 0 bridgehead atoms. The molecule has 3 N–H and O–H groups in total. The van der Waals surface area contributed by atoms with Crippen molar-refractivity contribution in [2.45, 2.75) is 57.8 Å². The maximum Gasteiger partial charge on any atom is 0.235 e. The van der Waals surface area contributed by atoms with Crippen LogP contribution in [0.3, 0.4) is 0 Å². The largest absolute Gasteiger partial charge is 0.368 e. The summed E-state index contributed by atoms with van der Waals surface area (Å²) in [5, 5.41) is 3.28. The van der Waals surface area contributed by atoms with Crippen LogP contribution in [0.5, 0.6) is 0 Å². The number of primary amides is 1. The van der Waals surface area contributed by atoms with Crippen LogP contribution in [-0.4, -0.2) is 66.1 Å². The number of piperazine rings is 1. The minimum Gasteiger partial charge on any atom is -0.368 e. The molecule has 5 heteroatoms. The van der Waals surface area contributed by atoms with Gasteiger partial charge in [-0.3, -0.25) is 14.6 Å². The predicted molar refractivity (Wildman–Crippen MR) is 76.9 cm³/mol. The van der Waals surface area contributed by atoms with Gasteiger partial charge in [0.05, 0.1) is 6.04 Å². The lowest BCUT2D eigenvalue weighted by atomic mass is 10.1. The van der Waals surface area contributed by atoms with Gasteiger partial charge in [0, 0.05) is 37.8 Å². The Hall–Kier alpha value is -0.650. The van der Waals surface area contributed by atoms with Crippen molar-refractivity contribution in [3.8, 4) is 0 Å². The number of rotatable bonds is 5. The van der Waals surface area contributed by atoms with Crippen molar-refractivity contribution >= 4 is 5.91 Å². The Bertz CT molecular complexity index is 321. The normalized spacial score (nSPS) is 30.5. The fraction of sp³-hybridized carbons (Fsp3) is 0.929. The lowest BCUT2D eigenvalue weighted by Crippen LogP contribution is -2.60. The molecule has 2 saturated heterocycles. The highest BCUT2D eigenvalue weighted by atomic mass is 16.1. The summed E-state index contributed by atoms with van der Waals surface area (Å²) in [5.41, 5.74) is 5.52. The quantitative estimate of drug-likeness (QED) is 0.737. The van der Waals surface area contributed by atoms with E-state index in [1.807, 2.05) is 13.8 Å². The van der Waals surface area contributed by atoms with Crippen LogP contribution in [0, 0.1) is 0 Å². The average molecular weight is 268 g/mol. The molecule has 0 aromatic heterocycles. The summed E-state index contributed by atoms with van der Waals surface area (Å²) in [5.74, 6) is -0.241. The maximum atomic E-state index is 11.6. The monoisotopic (exact) mass is 268 g/mol. The maximum absolute atomic E-state index is 11.6. The number of amides is 1. The molecule has 0 aliphatic carbocycles. The Morgan fingerprint density at radius 1 is 1.42 bits per heavy atom. The zero-order valence-corrected chi connectivity index (χ0v) is 12.4. The lowest BCUT2D eigenvalue weighted by Gasteiger charge is -2.43. The molecule has 0 aromatic rings. The minimum atomic E-state index is -0.241. The number of nitrogens with zero attached hydrogens (tertiary/aromatic N) is 2. The first kappa shape index (κ1) is 14.8. The summed E-state index contributed by atoms with van der Waals surface area (Å²) in [6.07, 6.45) is 2.61. The standard InChI is InChI=1S/C14H28N4O/c1-10(2)16-13(14(15)19)9-18-8-12-5-4-6-17(12)7-11(18)3/h10-13,16H,4-9H2,1-3H3,(H2,15,19). The van der Waals surface area contributed by atoms with Gasteiger partial charge < -0.3 is 11.1 Å². The second-order valence-electron chi connectivity index (χ2n) is 6.37. The summed E-state index contributed by atoms with van der Waals surface area (Å²) in [7, 11) is 0. The number of hydrogen-bond donors (Lipinski definition) is 2. The minimum absolute atomic E-state index is 0.240. The highest BCUT2D eigenvalue weighted by Gasteiger charge is 2.35. The van der Waals surface area contributed by atoms with E-state index in [9.17, 15) is 4.79 Å². The molecule has 5 nitrogen and oxygen atoms in total. The Labute approximate surface area is 116 Å². The average Bonchev–Trinajstić information content (AvgIpc) is 2.74.